The zero-order valence-electron chi connectivity index (χ0n) is 19.4. The van der Waals surface area contributed by atoms with Crippen LogP contribution in [0.15, 0.2) is 71.0 Å². The Morgan fingerprint density at radius 2 is 1.71 bits per heavy atom. The first kappa shape index (κ1) is 21.6. The summed E-state index contributed by atoms with van der Waals surface area (Å²) in [7, 11) is 0. The molecule has 0 fully saturated rings. The van der Waals surface area contributed by atoms with Gasteiger partial charge in [-0.25, -0.2) is 4.68 Å². The quantitative estimate of drug-likeness (QED) is 0.337. The third-order valence-electron chi connectivity index (χ3n) is 5.89. The first-order chi connectivity index (χ1) is 17.0. The molecule has 0 radical (unpaired) electrons. The van der Waals surface area contributed by atoms with Crippen LogP contribution in [0.3, 0.4) is 0 Å². The van der Waals surface area contributed by atoms with E-state index < -0.39 is 0 Å². The van der Waals surface area contributed by atoms with Crippen molar-refractivity contribution in [2.24, 2.45) is 0 Å². The highest BCUT2D eigenvalue weighted by molar-refractivity contribution is 7.15. The van der Waals surface area contributed by atoms with Gasteiger partial charge < -0.3 is 0 Å². The van der Waals surface area contributed by atoms with Crippen LogP contribution < -0.4 is 10.1 Å². The number of fused-ring (bicyclic) bond motifs is 1. The Bertz CT molecular complexity index is 1770. The van der Waals surface area contributed by atoms with E-state index in [9.17, 15) is 4.79 Å². The Kier molecular flexibility index (Phi) is 5.20. The molecule has 6 aromatic rings. The lowest BCUT2D eigenvalue weighted by Crippen LogP contribution is -2.23. The van der Waals surface area contributed by atoms with Gasteiger partial charge in [-0.05, 0) is 61.6 Å². The van der Waals surface area contributed by atoms with Crippen molar-refractivity contribution in [3.63, 3.8) is 0 Å². The van der Waals surface area contributed by atoms with Gasteiger partial charge in [0.25, 0.3) is 5.56 Å². The Labute approximate surface area is 209 Å². The molecule has 0 atom stereocenters. The molecule has 6 rings (SSSR count). The van der Waals surface area contributed by atoms with Crippen molar-refractivity contribution in [3.05, 3.63) is 103 Å². The van der Waals surface area contributed by atoms with Gasteiger partial charge >= 0.3 is 0 Å². The molecule has 0 amide bonds. The number of benzene rings is 2. The number of para-hydroxylation sites is 1. The molecule has 4 heterocycles. The zero-order valence-corrected chi connectivity index (χ0v) is 21.0. The lowest BCUT2D eigenvalue weighted by molar-refractivity contribution is 0.883. The average molecular weight is 496 g/mol. The first-order valence-corrected chi connectivity index (χ1v) is 12.9. The van der Waals surface area contributed by atoms with Crippen molar-refractivity contribution in [2.45, 2.75) is 20.8 Å². The van der Waals surface area contributed by atoms with Crippen LogP contribution in [0, 0.1) is 20.8 Å². The van der Waals surface area contributed by atoms with Gasteiger partial charge in [-0.15, -0.1) is 16.4 Å². The first-order valence-electron chi connectivity index (χ1n) is 11.2. The van der Waals surface area contributed by atoms with Crippen LogP contribution in [0.25, 0.3) is 38.7 Å². The maximum absolute atomic E-state index is 13.2. The SMILES string of the molecule is Cc1cc(C)c(-c2nn(-c3ccccc3)cc2C=c2sc3nc(-c4cccs4)nn3c2=O)c(C)c1. The highest BCUT2D eigenvalue weighted by Gasteiger charge is 2.17. The second kappa shape index (κ2) is 8.41. The summed E-state index contributed by atoms with van der Waals surface area (Å²) in [6, 6.07) is 18.2. The monoisotopic (exact) mass is 495 g/mol. The molecule has 0 saturated carbocycles. The lowest BCUT2D eigenvalue weighted by atomic mass is 9.95. The summed E-state index contributed by atoms with van der Waals surface area (Å²) in [5.41, 5.74) is 7.12. The van der Waals surface area contributed by atoms with Gasteiger partial charge in [0, 0.05) is 17.3 Å². The van der Waals surface area contributed by atoms with Crippen LogP contribution in [0.4, 0.5) is 0 Å². The maximum atomic E-state index is 13.2. The summed E-state index contributed by atoms with van der Waals surface area (Å²) < 4.78 is 3.85. The zero-order chi connectivity index (χ0) is 24.1. The number of thiazole rings is 1. The fourth-order valence-corrected chi connectivity index (χ4v) is 5.99. The van der Waals surface area contributed by atoms with Crippen LogP contribution in [-0.4, -0.2) is 24.4 Å². The topological polar surface area (TPSA) is 65.1 Å². The second-order valence-corrected chi connectivity index (χ2v) is 10.5. The summed E-state index contributed by atoms with van der Waals surface area (Å²) >= 11 is 2.90. The summed E-state index contributed by atoms with van der Waals surface area (Å²) in [4.78, 5) is 19.4. The Morgan fingerprint density at radius 3 is 2.40 bits per heavy atom. The van der Waals surface area contributed by atoms with E-state index in [1.165, 1.54) is 21.4 Å². The van der Waals surface area contributed by atoms with Crippen LogP contribution in [0.5, 0.6) is 0 Å². The fraction of sp³-hybridized carbons (Fsp3) is 0.111. The molecule has 2 aromatic carbocycles. The van der Waals surface area contributed by atoms with Crippen LogP contribution in [0.2, 0.25) is 0 Å². The molecule has 0 aliphatic heterocycles. The van der Waals surface area contributed by atoms with Crippen molar-refractivity contribution in [1.29, 1.82) is 0 Å². The van der Waals surface area contributed by atoms with E-state index in [1.807, 2.05) is 64.8 Å². The van der Waals surface area contributed by atoms with Gasteiger partial charge in [-0.2, -0.15) is 14.6 Å². The van der Waals surface area contributed by atoms with Crippen molar-refractivity contribution >= 4 is 33.7 Å². The molecule has 0 N–H and O–H groups in total. The minimum atomic E-state index is -0.170. The van der Waals surface area contributed by atoms with E-state index in [4.69, 9.17) is 5.10 Å². The van der Waals surface area contributed by atoms with Gasteiger partial charge in [-0.1, -0.05) is 53.3 Å². The van der Waals surface area contributed by atoms with Crippen molar-refractivity contribution in [1.82, 2.24) is 24.4 Å². The molecule has 0 saturated heterocycles. The molecule has 0 aliphatic carbocycles. The number of aromatic nitrogens is 5. The Balaban J connectivity index is 1.55. The van der Waals surface area contributed by atoms with Gasteiger partial charge in [0.1, 0.15) is 5.69 Å². The van der Waals surface area contributed by atoms with E-state index in [2.05, 4.69) is 43.0 Å². The van der Waals surface area contributed by atoms with Crippen molar-refractivity contribution in [2.75, 3.05) is 0 Å². The smallest absolute Gasteiger partial charge is 0.266 e. The van der Waals surface area contributed by atoms with E-state index in [-0.39, 0.29) is 5.56 Å². The molecule has 0 spiro atoms. The Morgan fingerprint density at radius 1 is 0.943 bits per heavy atom. The average Bonchev–Trinajstić information content (AvgIpc) is 3.61. The lowest BCUT2D eigenvalue weighted by Gasteiger charge is -2.10. The third kappa shape index (κ3) is 3.80. The normalized spacial score (nSPS) is 12.1. The summed E-state index contributed by atoms with van der Waals surface area (Å²) in [5, 5.41) is 11.4. The number of hydrogen-bond donors (Lipinski definition) is 0. The summed E-state index contributed by atoms with van der Waals surface area (Å²) in [5.74, 6) is 0.582. The van der Waals surface area contributed by atoms with Crippen LogP contribution >= 0.6 is 22.7 Å². The number of hydrogen-bond acceptors (Lipinski definition) is 6. The van der Waals surface area contributed by atoms with E-state index >= 15 is 0 Å². The molecule has 0 bridgehead atoms. The molecule has 4 aromatic heterocycles. The van der Waals surface area contributed by atoms with E-state index in [0.29, 0.717) is 15.3 Å². The molecule has 172 valence electrons. The van der Waals surface area contributed by atoms with Gasteiger partial charge in [0.2, 0.25) is 4.96 Å². The third-order valence-corrected chi connectivity index (χ3v) is 7.71. The molecule has 0 unspecified atom stereocenters. The Hall–Kier alpha value is -3.88. The largest absolute Gasteiger partial charge is 0.291 e. The summed E-state index contributed by atoms with van der Waals surface area (Å²) in [6.45, 7) is 6.31. The van der Waals surface area contributed by atoms with Crippen molar-refractivity contribution in [3.8, 4) is 27.6 Å². The highest BCUT2D eigenvalue weighted by Crippen LogP contribution is 2.31. The number of thiophene rings is 1. The number of aryl methyl sites for hydroxylation is 3. The molecule has 6 nitrogen and oxygen atoms in total. The van der Waals surface area contributed by atoms with Gasteiger partial charge in [0.15, 0.2) is 5.82 Å². The highest BCUT2D eigenvalue weighted by atomic mass is 32.1. The predicted molar refractivity (Wildman–Crippen MR) is 142 cm³/mol. The van der Waals surface area contributed by atoms with Crippen molar-refractivity contribution < 1.29 is 0 Å². The second-order valence-electron chi connectivity index (χ2n) is 8.51. The summed E-state index contributed by atoms with van der Waals surface area (Å²) in [6.07, 6.45) is 3.89. The van der Waals surface area contributed by atoms with Crippen LogP contribution in [0.1, 0.15) is 22.3 Å². The number of nitrogens with zero attached hydrogens (tertiary/aromatic N) is 5. The van der Waals surface area contributed by atoms with Crippen LogP contribution in [-0.2, 0) is 0 Å². The molecular formula is C27H21N5OS2. The molecular weight excluding hydrogens is 474 g/mol. The van der Waals surface area contributed by atoms with E-state index in [0.717, 1.165) is 38.5 Å². The predicted octanol–water partition coefficient (Wildman–Crippen LogP) is 5.21. The number of rotatable bonds is 4. The fourth-order valence-electron chi connectivity index (χ4n) is 4.44. The molecule has 35 heavy (non-hydrogen) atoms. The minimum absolute atomic E-state index is 0.170. The maximum Gasteiger partial charge on any atom is 0.291 e. The minimum Gasteiger partial charge on any atom is -0.266 e. The van der Waals surface area contributed by atoms with Gasteiger partial charge in [0.05, 0.1) is 15.1 Å². The van der Waals surface area contributed by atoms with Gasteiger partial charge in [-0.3, -0.25) is 4.79 Å². The van der Waals surface area contributed by atoms with E-state index in [1.54, 1.807) is 11.3 Å². The molecule has 8 heteroatoms. The molecule has 0 aliphatic rings. The standard InChI is InChI=1S/C27H21N5OS2/c1-16-12-17(2)23(18(3)13-16)24-19(15-31(29-24)20-8-5-4-6-9-20)14-22-26(33)32-27(35-22)28-25(30-32)21-10-7-11-34-21/h4-15H,1-3H3.